The van der Waals surface area contributed by atoms with Crippen LogP contribution in [-0.4, -0.2) is 31.1 Å². The topological polar surface area (TPSA) is 84.9 Å². The second-order valence-corrected chi connectivity index (χ2v) is 7.40. The molecule has 7 nitrogen and oxygen atoms in total. The summed E-state index contributed by atoms with van der Waals surface area (Å²) in [5.74, 6) is -0.630. The summed E-state index contributed by atoms with van der Waals surface area (Å²) >= 11 is 6.37. The number of hydrogen-bond acceptors (Lipinski definition) is 5. The van der Waals surface area contributed by atoms with Crippen LogP contribution >= 0.6 is 11.6 Å². The highest BCUT2D eigenvalue weighted by Gasteiger charge is 2.37. The molecule has 0 spiro atoms. The Morgan fingerprint density at radius 3 is 2.10 bits per heavy atom. The molecule has 162 valence electrons. The van der Waals surface area contributed by atoms with E-state index in [9.17, 15) is 14.4 Å². The lowest BCUT2D eigenvalue weighted by molar-refractivity contribution is -0.122. The minimum Gasteiger partial charge on any atom is -0.490 e. The van der Waals surface area contributed by atoms with Gasteiger partial charge in [-0.1, -0.05) is 17.7 Å². The molecular weight excluding hydrogens is 420 g/mol. The van der Waals surface area contributed by atoms with Gasteiger partial charge in [-0.15, -0.1) is 0 Å². The first-order chi connectivity index (χ1) is 14.7. The maximum absolute atomic E-state index is 13.1. The van der Waals surface area contributed by atoms with Gasteiger partial charge in [0.25, 0.3) is 11.8 Å². The number of ether oxygens (including phenoxy) is 2. The van der Waals surface area contributed by atoms with Crippen molar-refractivity contribution in [2.75, 3.05) is 18.1 Å². The zero-order valence-corrected chi connectivity index (χ0v) is 18.5. The summed E-state index contributed by atoms with van der Waals surface area (Å²) in [6.07, 6.45) is 1.35. The average Bonchev–Trinajstić information content (AvgIpc) is 2.67. The molecule has 0 radical (unpaired) electrons. The predicted molar refractivity (Wildman–Crippen MR) is 119 cm³/mol. The fourth-order valence-electron chi connectivity index (χ4n) is 3.33. The molecule has 3 rings (SSSR count). The van der Waals surface area contributed by atoms with E-state index in [0.717, 1.165) is 16.0 Å². The molecule has 0 bridgehead atoms. The number of benzene rings is 2. The van der Waals surface area contributed by atoms with Gasteiger partial charge in [-0.05, 0) is 68.7 Å². The number of halogens is 1. The van der Waals surface area contributed by atoms with Crippen LogP contribution in [0, 0.1) is 13.8 Å². The number of aryl methyl sites for hydroxylation is 2. The van der Waals surface area contributed by atoms with Crippen LogP contribution in [0.5, 0.6) is 11.5 Å². The van der Waals surface area contributed by atoms with Gasteiger partial charge in [0.1, 0.15) is 5.57 Å². The number of rotatable bonds is 6. The average molecular weight is 443 g/mol. The third-order valence-electron chi connectivity index (χ3n) is 4.53. The van der Waals surface area contributed by atoms with Crippen molar-refractivity contribution >= 4 is 41.2 Å². The first-order valence-corrected chi connectivity index (χ1v) is 10.2. The van der Waals surface area contributed by atoms with Crippen molar-refractivity contribution in [2.45, 2.75) is 27.7 Å². The molecule has 1 aliphatic heterocycles. The molecule has 1 heterocycles. The lowest BCUT2D eigenvalue weighted by Gasteiger charge is -2.27. The van der Waals surface area contributed by atoms with Crippen LogP contribution < -0.4 is 19.7 Å². The van der Waals surface area contributed by atoms with Crippen LogP contribution in [0.15, 0.2) is 35.9 Å². The molecule has 0 aromatic heterocycles. The summed E-state index contributed by atoms with van der Waals surface area (Å²) in [5, 5.41) is 2.49. The van der Waals surface area contributed by atoms with Gasteiger partial charge < -0.3 is 9.47 Å². The fourth-order valence-corrected chi connectivity index (χ4v) is 3.53. The number of urea groups is 1. The highest BCUT2D eigenvalue weighted by Crippen LogP contribution is 2.35. The minimum atomic E-state index is -0.801. The Morgan fingerprint density at radius 1 is 0.935 bits per heavy atom. The van der Waals surface area contributed by atoms with Crippen molar-refractivity contribution < 1.29 is 23.9 Å². The quantitative estimate of drug-likeness (QED) is 0.528. The molecule has 1 saturated heterocycles. The molecule has 0 aliphatic carbocycles. The molecule has 0 atom stereocenters. The first-order valence-electron chi connectivity index (χ1n) is 9.84. The van der Waals surface area contributed by atoms with Gasteiger partial charge in [-0.25, -0.2) is 9.69 Å². The van der Waals surface area contributed by atoms with Crippen LogP contribution in [-0.2, 0) is 9.59 Å². The van der Waals surface area contributed by atoms with Crippen molar-refractivity contribution in [3.05, 3.63) is 57.6 Å². The summed E-state index contributed by atoms with van der Waals surface area (Å²) in [6, 6.07) is 7.70. The van der Waals surface area contributed by atoms with E-state index >= 15 is 0 Å². The fraction of sp³-hybridized carbons (Fsp3) is 0.261. The molecule has 1 fully saturated rings. The summed E-state index contributed by atoms with van der Waals surface area (Å²) in [5.41, 5.74) is 2.32. The summed E-state index contributed by atoms with van der Waals surface area (Å²) < 4.78 is 11.1. The van der Waals surface area contributed by atoms with E-state index in [1.165, 1.54) is 6.08 Å². The highest BCUT2D eigenvalue weighted by atomic mass is 35.5. The molecule has 2 aromatic rings. The lowest BCUT2D eigenvalue weighted by Crippen LogP contribution is -2.54. The van der Waals surface area contributed by atoms with Gasteiger partial charge in [0.2, 0.25) is 0 Å². The van der Waals surface area contributed by atoms with E-state index < -0.39 is 17.8 Å². The Morgan fingerprint density at radius 2 is 1.52 bits per heavy atom. The third-order valence-corrected chi connectivity index (χ3v) is 4.86. The molecule has 0 unspecified atom stereocenters. The number of nitrogens with zero attached hydrogens (tertiary/aromatic N) is 1. The number of hydrogen-bond donors (Lipinski definition) is 1. The van der Waals surface area contributed by atoms with Crippen LogP contribution in [0.4, 0.5) is 10.5 Å². The number of nitrogens with one attached hydrogen (secondary N) is 1. The number of imide groups is 2. The van der Waals surface area contributed by atoms with Crippen molar-refractivity contribution in [3.63, 3.8) is 0 Å². The number of carbonyl (C=O) groups excluding carboxylic acids is 3. The number of amides is 4. The zero-order chi connectivity index (χ0) is 22.7. The molecular formula is C23H23ClN2O5. The predicted octanol–water partition coefficient (Wildman–Crippen LogP) is 4.42. The van der Waals surface area contributed by atoms with Crippen molar-refractivity contribution in [3.8, 4) is 11.5 Å². The smallest absolute Gasteiger partial charge is 0.335 e. The molecule has 31 heavy (non-hydrogen) atoms. The van der Waals surface area contributed by atoms with Gasteiger partial charge in [0.15, 0.2) is 11.5 Å². The summed E-state index contributed by atoms with van der Waals surface area (Å²) in [7, 11) is 0. The standard InChI is InChI=1S/C23H23ClN2O5/c1-5-30-19-11-15(18(24)12-20(19)31-6-2)10-17-21(27)25-23(29)26(22(17)28)16-8-13(3)7-14(4)9-16/h7-12H,5-6H2,1-4H3,(H,25,27,29)/b17-10+. The number of anilines is 1. The van der Waals surface area contributed by atoms with Crippen molar-refractivity contribution in [2.24, 2.45) is 0 Å². The van der Waals surface area contributed by atoms with Crippen LogP contribution in [0.2, 0.25) is 5.02 Å². The minimum absolute atomic E-state index is 0.215. The van der Waals surface area contributed by atoms with Gasteiger partial charge in [-0.2, -0.15) is 0 Å². The van der Waals surface area contributed by atoms with E-state index in [4.69, 9.17) is 21.1 Å². The molecule has 4 amide bonds. The second kappa shape index (κ2) is 9.22. The number of barbiturate groups is 1. The van der Waals surface area contributed by atoms with Gasteiger partial charge in [0, 0.05) is 6.07 Å². The Labute approximate surface area is 185 Å². The first kappa shape index (κ1) is 22.4. The van der Waals surface area contributed by atoms with Gasteiger partial charge in [0.05, 0.1) is 23.9 Å². The Bertz CT molecular complexity index is 1070. The van der Waals surface area contributed by atoms with Crippen LogP contribution in [0.25, 0.3) is 6.08 Å². The van der Waals surface area contributed by atoms with E-state index in [-0.39, 0.29) is 10.6 Å². The van der Waals surface area contributed by atoms with Crippen LogP contribution in [0.1, 0.15) is 30.5 Å². The maximum atomic E-state index is 13.1. The maximum Gasteiger partial charge on any atom is 0.335 e. The Balaban J connectivity index is 2.06. The Kier molecular flexibility index (Phi) is 6.65. The van der Waals surface area contributed by atoms with Crippen molar-refractivity contribution in [1.29, 1.82) is 0 Å². The lowest BCUT2D eigenvalue weighted by atomic mass is 10.0. The largest absolute Gasteiger partial charge is 0.490 e. The second-order valence-electron chi connectivity index (χ2n) is 6.99. The third kappa shape index (κ3) is 4.72. The molecule has 0 saturated carbocycles. The van der Waals surface area contributed by atoms with E-state index in [1.54, 1.807) is 24.3 Å². The highest BCUT2D eigenvalue weighted by molar-refractivity contribution is 6.40. The van der Waals surface area contributed by atoms with Crippen LogP contribution in [0.3, 0.4) is 0 Å². The summed E-state index contributed by atoms with van der Waals surface area (Å²) in [6.45, 7) is 8.20. The van der Waals surface area contributed by atoms with E-state index in [2.05, 4.69) is 5.32 Å². The molecule has 8 heteroatoms. The number of carbonyl (C=O) groups is 3. The molecule has 1 N–H and O–H groups in total. The van der Waals surface area contributed by atoms with Gasteiger partial charge >= 0.3 is 6.03 Å². The van der Waals surface area contributed by atoms with E-state index in [1.807, 2.05) is 33.8 Å². The molecule has 1 aliphatic rings. The monoisotopic (exact) mass is 442 g/mol. The van der Waals surface area contributed by atoms with Gasteiger partial charge in [-0.3, -0.25) is 14.9 Å². The SMILES string of the molecule is CCOc1cc(Cl)c(/C=C2\C(=O)NC(=O)N(c3cc(C)cc(C)c3)C2=O)cc1OCC. The normalized spacial score (nSPS) is 15.3. The van der Waals surface area contributed by atoms with E-state index in [0.29, 0.717) is 36.0 Å². The summed E-state index contributed by atoms with van der Waals surface area (Å²) in [4.78, 5) is 39.0. The Hall–Kier alpha value is -3.32. The molecule has 2 aromatic carbocycles. The van der Waals surface area contributed by atoms with Crippen molar-refractivity contribution in [1.82, 2.24) is 5.32 Å². The zero-order valence-electron chi connectivity index (χ0n) is 17.7.